The maximum absolute atomic E-state index is 12.8. The number of nitrogens with zero attached hydrogens (tertiary/aromatic N) is 1. The number of benzene rings is 2. The van der Waals surface area contributed by atoms with Crippen molar-refractivity contribution in [2.75, 3.05) is 5.32 Å². The predicted molar refractivity (Wildman–Crippen MR) is 81.5 cm³/mol. The Morgan fingerprint density at radius 1 is 1.24 bits per heavy atom. The highest BCUT2D eigenvalue weighted by molar-refractivity contribution is 8.00. The van der Waals surface area contributed by atoms with Gasteiger partial charge in [-0.25, -0.2) is 4.39 Å². The number of para-hydroxylation sites is 1. The molecule has 21 heavy (non-hydrogen) atoms. The summed E-state index contributed by atoms with van der Waals surface area (Å²) in [4.78, 5) is 12.9. The van der Waals surface area contributed by atoms with E-state index in [1.165, 1.54) is 23.9 Å². The van der Waals surface area contributed by atoms with Gasteiger partial charge in [-0.3, -0.25) is 4.79 Å². The van der Waals surface area contributed by atoms with Gasteiger partial charge in [0.15, 0.2) is 0 Å². The molecule has 1 amide bonds. The smallest absolute Gasteiger partial charge is 0.237 e. The minimum Gasteiger partial charge on any atom is -0.324 e. The normalized spacial score (nSPS) is 11.5. The summed E-state index contributed by atoms with van der Waals surface area (Å²) in [7, 11) is 0. The quantitative estimate of drug-likeness (QED) is 0.873. The van der Waals surface area contributed by atoms with Crippen LogP contribution in [0.25, 0.3) is 0 Å². The number of carbonyl (C=O) groups is 1. The van der Waals surface area contributed by atoms with E-state index in [0.29, 0.717) is 11.3 Å². The molecule has 0 radical (unpaired) electrons. The lowest BCUT2D eigenvalue weighted by Gasteiger charge is -2.12. The number of hydrogen-bond acceptors (Lipinski definition) is 3. The maximum Gasteiger partial charge on any atom is 0.237 e. The first-order valence-corrected chi connectivity index (χ1v) is 7.20. The number of halogens is 1. The molecule has 0 spiro atoms. The number of nitriles is 1. The molecule has 0 fully saturated rings. The molecule has 2 aromatic rings. The van der Waals surface area contributed by atoms with E-state index < -0.39 is 0 Å². The van der Waals surface area contributed by atoms with Gasteiger partial charge < -0.3 is 5.32 Å². The summed E-state index contributed by atoms with van der Waals surface area (Å²) < 4.78 is 12.8. The van der Waals surface area contributed by atoms with Crippen LogP contribution < -0.4 is 5.32 Å². The molecule has 0 saturated heterocycles. The molecule has 3 nitrogen and oxygen atoms in total. The lowest BCUT2D eigenvalue weighted by Crippen LogP contribution is -2.22. The SMILES string of the molecule is C[C@H](Sc1ccc(F)cc1)C(=O)Nc1ccccc1C#N. The number of hydrogen-bond donors (Lipinski definition) is 1. The van der Waals surface area contributed by atoms with Gasteiger partial charge in [0.25, 0.3) is 0 Å². The van der Waals surface area contributed by atoms with Crippen molar-refractivity contribution in [3.63, 3.8) is 0 Å². The molecule has 2 rings (SSSR count). The van der Waals surface area contributed by atoms with Gasteiger partial charge in [-0.15, -0.1) is 11.8 Å². The molecule has 0 saturated carbocycles. The first-order valence-electron chi connectivity index (χ1n) is 6.32. The summed E-state index contributed by atoms with van der Waals surface area (Å²) in [6.07, 6.45) is 0. The lowest BCUT2D eigenvalue weighted by atomic mass is 10.2. The number of anilines is 1. The molecule has 2 aromatic carbocycles. The first-order chi connectivity index (χ1) is 10.1. The van der Waals surface area contributed by atoms with Crippen LogP contribution in [-0.4, -0.2) is 11.2 Å². The van der Waals surface area contributed by atoms with E-state index in [1.54, 1.807) is 43.3 Å². The second kappa shape index (κ2) is 6.91. The van der Waals surface area contributed by atoms with Gasteiger partial charge in [0, 0.05) is 4.90 Å². The Balaban J connectivity index is 2.03. The zero-order chi connectivity index (χ0) is 15.2. The molecule has 5 heteroatoms. The molecule has 0 bridgehead atoms. The largest absolute Gasteiger partial charge is 0.324 e. The molecular weight excluding hydrogens is 287 g/mol. The van der Waals surface area contributed by atoms with Gasteiger partial charge in [0.1, 0.15) is 11.9 Å². The summed E-state index contributed by atoms with van der Waals surface area (Å²) >= 11 is 1.33. The zero-order valence-electron chi connectivity index (χ0n) is 11.3. The Morgan fingerprint density at radius 2 is 1.90 bits per heavy atom. The van der Waals surface area contributed by atoms with Crippen LogP contribution in [0.1, 0.15) is 12.5 Å². The van der Waals surface area contributed by atoms with Crippen LogP contribution in [0.4, 0.5) is 10.1 Å². The van der Waals surface area contributed by atoms with Gasteiger partial charge in [-0.05, 0) is 43.3 Å². The average molecular weight is 300 g/mol. The van der Waals surface area contributed by atoms with E-state index in [9.17, 15) is 9.18 Å². The minimum absolute atomic E-state index is 0.202. The van der Waals surface area contributed by atoms with Crippen molar-refractivity contribution in [3.8, 4) is 6.07 Å². The third kappa shape index (κ3) is 4.07. The van der Waals surface area contributed by atoms with E-state index in [1.807, 2.05) is 6.07 Å². The molecule has 1 N–H and O–H groups in total. The summed E-state index contributed by atoms with van der Waals surface area (Å²) in [5.74, 6) is -0.508. The van der Waals surface area contributed by atoms with Crippen molar-refractivity contribution in [1.82, 2.24) is 0 Å². The fourth-order valence-corrected chi connectivity index (χ4v) is 2.56. The summed E-state index contributed by atoms with van der Waals surface area (Å²) in [6.45, 7) is 1.76. The van der Waals surface area contributed by atoms with Gasteiger partial charge in [0.05, 0.1) is 16.5 Å². The molecule has 0 aromatic heterocycles. The van der Waals surface area contributed by atoms with Crippen molar-refractivity contribution >= 4 is 23.4 Å². The highest BCUT2D eigenvalue weighted by atomic mass is 32.2. The fraction of sp³-hybridized carbons (Fsp3) is 0.125. The van der Waals surface area contributed by atoms with E-state index in [4.69, 9.17) is 5.26 Å². The van der Waals surface area contributed by atoms with Crippen molar-refractivity contribution in [3.05, 3.63) is 59.9 Å². The Kier molecular flexibility index (Phi) is 4.96. The van der Waals surface area contributed by atoms with E-state index >= 15 is 0 Å². The molecule has 0 aliphatic heterocycles. The van der Waals surface area contributed by atoms with Crippen molar-refractivity contribution in [1.29, 1.82) is 5.26 Å². The number of rotatable bonds is 4. The Hall–Kier alpha value is -2.32. The standard InChI is InChI=1S/C16H13FN2OS/c1-11(21-14-8-6-13(17)7-9-14)16(20)19-15-5-3-2-4-12(15)10-18/h2-9,11H,1H3,(H,19,20)/t11-/m0/s1. The topological polar surface area (TPSA) is 52.9 Å². The third-order valence-corrected chi connectivity index (χ3v) is 3.91. The predicted octanol–water partition coefficient (Wildman–Crippen LogP) is 3.82. The molecule has 0 unspecified atom stereocenters. The Morgan fingerprint density at radius 3 is 2.57 bits per heavy atom. The van der Waals surface area contributed by atoms with E-state index in [0.717, 1.165) is 4.90 Å². The summed E-state index contributed by atoms with van der Waals surface area (Å²) in [5, 5.41) is 11.4. The molecule has 106 valence electrons. The highest BCUT2D eigenvalue weighted by Crippen LogP contribution is 2.24. The van der Waals surface area contributed by atoms with Crippen LogP contribution in [0.15, 0.2) is 53.4 Å². The number of nitrogens with one attached hydrogen (secondary N) is 1. The van der Waals surface area contributed by atoms with E-state index in [-0.39, 0.29) is 17.0 Å². The highest BCUT2D eigenvalue weighted by Gasteiger charge is 2.15. The maximum atomic E-state index is 12.8. The number of thioether (sulfide) groups is 1. The van der Waals surface area contributed by atoms with E-state index in [2.05, 4.69) is 5.32 Å². The van der Waals surface area contributed by atoms with Gasteiger partial charge >= 0.3 is 0 Å². The lowest BCUT2D eigenvalue weighted by molar-refractivity contribution is -0.115. The van der Waals surface area contributed by atoms with Crippen molar-refractivity contribution in [2.24, 2.45) is 0 Å². The first kappa shape index (κ1) is 15.1. The zero-order valence-corrected chi connectivity index (χ0v) is 12.2. The van der Waals surface area contributed by atoms with Crippen LogP contribution in [0.3, 0.4) is 0 Å². The summed E-state index contributed by atoms with van der Waals surface area (Å²) in [6, 6.07) is 14.8. The van der Waals surface area contributed by atoms with Crippen LogP contribution in [0, 0.1) is 17.1 Å². The van der Waals surface area contributed by atoms with Gasteiger partial charge in [0.2, 0.25) is 5.91 Å². The monoisotopic (exact) mass is 300 g/mol. The van der Waals surface area contributed by atoms with Crippen LogP contribution in [0.2, 0.25) is 0 Å². The van der Waals surface area contributed by atoms with Crippen molar-refractivity contribution in [2.45, 2.75) is 17.1 Å². The van der Waals surface area contributed by atoms with Crippen LogP contribution in [-0.2, 0) is 4.79 Å². The van der Waals surface area contributed by atoms with Crippen molar-refractivity contribution < 1.29 is 9.18 Å². The molecule has 1 atom stereocenters. The minimum atomic E-state index is -0.359. The van der Waals surface area contributed by atoms with Gasteiger partial charge in [-0.2, -0.15) is 5.26 Å². The van der Waals surface area contributed by atoms with Crippen LogP contribution in [0.5, 0.6) is 0 Å². The Labute approximate surface area is 126 Å². The second-order valence-corrected chi connectivity index (χ2v) is 5.77. The second-order valence-electron chi connectivity index (χ2n) is 4.36. The van der Waals surface area contributed by atoms with Crippen LogP contribution >= 0.6 is 11.8 Å². The molecule has 0 aliphatic rings. The number of carbonyl (C=O) groups excluding carboxylic acids is 1. The average Bonchev–Trinajstić information content (AvgIpc) is 2.50. The summed E-state index contributed by atoms with van der Waals surface area (Å²) in [5.41, 5.74) is 0.918. The molecular formula is C16H13FN2OS. The number of amides is 1. The molecule has 0 heterocycles. The van der Waals surface area contributed by atoms with Gasteiger partial charge in [-0.1, -0.05) is 12.1 Å². The molecule has 0 aliphatic carbocycles. The Bertz CT molecular complexity index is 679. The third-order valence-electron chi connectivity index (χ3n) is 2.80. The fourth-order valence-electron chi connectivity index (χ4n) is 1.69.